The number of anilines is 1. The van der Waals surface area contributed by atoms with E-state index in [1.54, 1.807) is 10.7 Å². The van der Waals surface area contributed by atoms with Crippen molar-refractivity contribution in [3.8, 4) is 5.69 Å². The van der Waals surface area contributed by atoms with Gasteiger partial charge in [0.05, 0.1) is 40.1 Å². The van der Waals surface area contributed by atoms with Gasteiger partial charge in [0.25, 0.3) is 5.91 Å². The molecule has 1 aromatic heterocycles. The summed E-state index contributed by atoms with van der Waals surface area (Å²) in [6.45, 7) is 5.01. The van der Waals surface area contributed by atoms with Crippen LogP contribution in [0.3, 0.4) is 0 Å². The number of carbonyl (C=O) groups is 1. The topological polar surface area (TPSA) is 93.5 Å². The van der Waals surface area contributed by atoms with E-state index in [0.717, 1.165) is 16.9 Å². The maximum atomic E-state index is 13.1. The van der Waals surface area contributed by atoms with Gasteiger partial charge in [-0.3, -0.25) is 4.79 Å². The van der Waals surface area contributed by atoms with E-state index in [1.807, 2.05) is 38.1 Å². The van der Waals surface area contributed by atoms with Crippen LogP contribution in [-0.2, 0) is 14.8 Å². The van der Waals surface area contributed by atoms with Crippen molar-refractivity contribution in [1.82, 2.24) is 14.1 Å². The standard InChI is InChI=1S/C22H23ClN4O4S/c1-15-3-5-17(6-4-15)27-21(13-16(2)25-27)24-22(28)19-14-18(7-8-20(19)23)32(29,30)26-9-11-31-12-10-26/h3-8,13-14H,9-12H2,1-2H3,(H,24,28). The first-order valence-corrected chi connectivity index (χ1v) is 11.9. The molecule has 0 saturated carbocycles. The molecule has 1 N–H and O–H groups in total. The number of rotatable bonds is 5. The van der Waals surface area contributed by atoms with Crippen molar-refractivity contribution < 1.29 is 17.9 Å². The summed E-state index contributed by atoms with van der Waals surface area (Å²) in [6, 6.07) is 13.6. The number of benzene rings is 2. The Balaban J connectivity index is 1.64. The second-order valence-corrected chi connectivity index (χ2v) is 9.88. The van der Waals surface area contributed by atoms with Crippen molar-refractivity contribution in [3.63, 3.8) is 0 Å². The number of aryl methyl sites for hydroxylation is 2. The Morgan fingerprint density at radius 2 is 1.75 bits per heavy atom. The number of ether oxygens (including phenoxy) is 1. The van der Waals surface area contributed by atoms with Crippen LogP contribution in [0.25, 0.3) is 5.69 Å². The maximum absolute atomic E-state index is 13.1. The fraction of sp³-hybridized carbons (Fsp3) is 0.273. The summed E-state index contributed by atoms with van der Waals surface area (Å²) in [5, 5.41) is 7.41. The van der Waals surface area contributed by atoms with Gasteiger partial charge in [0.15, 0.2) is 0 Å². The highest BCUT2D eigenvalue weighted by Crippen LogP contribution is 2.25. The highest BCUT2D eigenvalue weighted by atomic mass is 35.5. The van der Waals surface area contributed by atoms with Crippen LogP contribution in [0.5, 0.6) is 0 Å². The molecule has 0 radical (unpaired) electrons. The fourth-order valence-corrected chi connectivity index (χ4v) is 5.07. The number of sulfonamides is 1. The van der Waals surface area contributed by atoms with E-state index in [-0.39, 0.29) is 28.6 Å². The molecule has 1 saturated heterocycles. The predicted octanol–water partition coefficient (Wildman–Crippen LogP) is 3.42. The largest absolute Gasteiger partial charge is 0.379 e. The van der Waals surface area contributed by atoms with E-state index in [2.05, 4.69) is 10.4 Å². The molecule has 1 aliphatic rings. The molecule has 2 aromatic carbocycles. The molecule has 10 heteroatoms. The maximum Gasteiger partial charge on any atom is 0.258 e. The van der Waals surface area contributed by atoms with Gasteiger partial charge < -0.3 is 10.1 Å². The third-order valence-corrected chi connectivity index (χ3v) is 7.37. The SMILES string of the molecule is Cc1ccc(-n2nc(C)cc2NC(=O)c2cc(S(=O)(=O)N3CCOCC3)ccc2Cl)cc1. The lowest BCUT2D eigenvalue weighted by atomic mass is 10.2. The van der Waals surface area contributed by atoms with Crippen LogP contribution >= 0.6 is 11.6 Å². The molecular weight excluding hydrogens is 452 g/mol. The molecule has 1 fully saturated rings. The highest BCUT2D eigenvalue weighted by Gasteiger charge is 2.28. The molecule has 0 unspecified atom stereocenters. The molecule has 2 heterocycles. The molecule has 32 heavy (non-hydrogen) atoms. The van der Waals surface area contributed by atoms with Crippen molar-refractivity contribution in [2.24, 2.45) is 0 Å². The van der Waals surface area contributed by atoms with Crippen molar-refractivity contribution in [2.75, 3.05) is 31.6 Å². The van der Waals surface area contributed by atoms with Crippen LogP contribution < -0.4 is 5.32 Å². The Morgan fingerprint density at radius 3 is 2.44 bits per heavy atom. The van der Waals surface area contributed by atoms with Gasteiger partial charge >= 0.3 is 0 Å². The van der Waals surface area contributed by atoms with Crippen LogP contribution in [0.15, 0.2) is 53.4 Å². The molecule has 0 spiro atoms. The number of nitrogens with one attached hydrogen (secondary N) is 1. The van der Waals surface area contributed by atoms with Crippen LogP contribution in [-0.4, -0.2) is 54.7 Å². The smallest absolute Gasteiger partial charge is 0.258 e. The minimum absolute atomic E-state index is 0.0113. The zero-order valence-corrected chi connectivity index (χ0v) is 19.3. The average molecular weight is 475 g/mol. The van der Waals surface area contributed by atoms with Gasteiger partial charge in [-0.15, -0.1) is 0 Å². The Bertz CT molecular complexity index is 1250. The number of halogens is 1. The minimum Gasteiger partial charge on any atom is -0.379 e. The summed E-state index contributed by atoms with van der Waals surface area (Å²) in [4.78, 5) is 13.1. The lowest BCUT2D eigenvalue weighted by Crippen LogP contribution is -2.40. The summed E-state index contributed by atoms with van der Waals surface area (Å²) in [5.41, 5.74) is 2.67. The van der Waals surface area contributed by atoms with Gasteiger partial charge in [0.2, 0.25) is 10.0 Å². The monoisotopic (exact) mass is 474 g/mol. The molecule has 1 aliphatic heterocycles. The number of nitrogens with zero attached hydrogens (tertiary/aromatic N) is 3. The Kier molecular flexibility index (Phi) is 6.34. The molecule has 4 rings (SSSR count). The molecule has 0 atom stereocenters. The molecule has 1 amide bonds. The number of hydrogen-bond acceptors (Lipinski definition) is 5. The van der Waals surface area contributed by atoms with Crippen LogP contribution in [0.4, 0.5) is 5.82 Å². The summed E-state index contributed by atoms with van der Waals surface area (Å²) in [7, 11) is -3.76. The first-order chi connectivity index (χ1) is 15.3. The van der Waals surface area contributed by atoms with E-state index >= 15 is 0 Å². The summed E-state index contributed by atoms with van der Waals surface area (Å²) < 4.78 is 34.2. The van der Waals surface area contributed by atoms with Gasteiger partial charge in [-0.1, -0.05) is 29.3 Å². The van der Waals surface area contributed by atoms with Crippen LogP contribution in [0, 0.1) is 13.8 Å². The van der Waals surface area contributed by atoms with Crippen LogP contribution in [0.1, 0.15) is 21.6 Å². The van der Waals surface area contributed by atoms with E-state index in [4.69, 9.17) is 16.3 Å². The molecule has 8 nitrogen and oxygen atoms in total. The van der Waals surface area contributed by atoms with Crippen molar-refractivity contribution >= 4 is 33.3 Å². The first kappa shape index (κ1) is 22.5. The van der Waals surface area contributed by atoms with Crippen molar-refractivity contribution in [3.05, 3.63) is 70.4 Å². The number of carbonyl (C=O) groups excluding carboxylic acids is 1. The number of amides is 1. The second-order valence-electron chi connectivity index (χ2n) is 7.53. The second kappa shape index (κ2) is 9.03. The van der Waals surface area contributed by atoms with E-state index in [0.29, 0.717) is 19.0 Å². The van der Waals surface area contributed by atoms with Gasteiger partial charge in [-0.25, -0.2) is 13.1 Å². The van der Waals surface area contributed by atoms with E-state index in [1.165, 1.54) is 22.5 Å². The number of hydrogen-bond donors (Lipinski definition) is 1. The number of morpholine rings is 1. The fourth-order valence-electron chi connectivity index (χ4n) is 3.43. The van der Waals surface area contributed by atoms with Gasteiger partial charge in [-0.2, -0.15) is 9.40 Å². The highest BCUT2D eigenvalue weighted by molar-refractivity contribution is 7.89. The predicted molar refractivity (Wildman–Crippen MR) is 122 cm³/mol. The summed E-state index contributed by atoms with van der Waals surface area (Å²) in [5.74, 6) is -0.0730. The quantitative estimate of drug-likeness (QED) is 0.611. The molecular formula is C22H23ClN4O4S. The van der Waals surface area contributed by atoms with Crippen molar-refractivity contribution in [1.29, 1.82) is 0 Å². The molecule has 0 bridgehead atoms. The van der Waals surface area contributed by atoms with Crippen LogP contribution in [0.2, 0.25) is 5.02 Å². The van der Waals surface area contributed by atoms with Gasteiger partial charge in [0.1, 0.15) is 5.82 Å². The summed E-state index contributed by atoms with van der Waals surface area (Å²) in [6.07, 6.45) is 0. The summed E-state index contributed by atoms with van der Waals surface area (Å²) >= 11 is 6.26. The minimum atomic E-state index is -3.76. The zero-order valence-electron chi connectivity index (χ0n) is 17.7. The third kappa shape index (κ3) is 4.56. The Morgan fingerprint density at radius 1 is 1.06 bits per heavy atom. The first-order valence-electron chi connectivity index (χ1n) is 10.1. The Labute approximate surface area is 191 Å². The Hall–Kier alpha value is -2.72. The van der Waals surface area contributed by atoms with Crippen molar-refractivity contribution in [2.45, 2.75) is 18.7 Å². The number of aromatic nitrogens is 2. The normalized spacial score (nSPS) is 15.0. The van der Waals surface area contributed by atoms with E-state index in [9.17, 15) is 13.2 Å². The van der Waals surface area contributed by atoms with Gasteiger partial charge in [0, 0.05) is 19.2 Å². The molecule has 0 aliphatic carbocycles. The lowest BCUT2D eigenvalue weighted by molar-refractivity contribution is 0.0730. The molecule has 168 valence electrons. The zero-order chi connectivity index (χ0) is 22.9. The van der Waals surface area contributed by atoms with E-state index < -0.39 is 15.9 Å². The molecule has 3 aromatic rings. The lowest BCUT2D eigenvalue weighted by Gasteiger charge is -2.26. The average Bonchev–Trinajstić information content (AvgIpc) is 3.14. The van der Waals surface area contributed by atoms with Gasteiger partial charge in [-0.05, 0) is 44.2 Å². The third-order valence-electron chi connectivity index (χ3n) is 5.14.